The van der Waals surface area contributed by atoms with Gasteiger partial charge in [-0.25, -0.2) is 4.99 Å². The van der Waals surface area contributed by atoms with Crippen molar-refractivity contribution >= 4 is 41.7 Å². The van der Waals surface area contributed by atoms with Crippen LogP contribution >= 0.6 is 35.7 Å². The Balaban J connectivity index is 0.00000338. The quantitative estimate of drug-likeness (QED) is 0.235. The summed E-state index contributed by atoms with van der Waals surface area (Å²) in [6.45, 7) is 4.45. The smallest absolute Gasteiger partial charge is 0.191 e. The zero-order valence-electron chi connectivity index (χ0n) is 16.0. The molecule has 7 heteroatoms. The molecule has 1 aliphatic rings. The number of ether oxygens (including phenoxy) is 2. The number of benzene rings is 1. The average molecular weight is 493 g/mol. The van der Waals surface area contributed by atoms with Crippen molar-refractivity contribution in [1.82, 2.24) is 10.6 Å². The van der Waals surface area contributed by atoms with Crippen LogP contribution in [0.15, 0.2) is 23.2 Å². The van der Waals surface area contributed by atoms with Gasteiger partial charge < -0.3 is 20.1 Å². The molecule has 26 heavy (non-hydrogen) atoms. The van der Waals surface area contributed by atoms with Gasteiger partial charge in [-0.1, -0.05) is 6.07 Å². The fraction of sp³-hybridized carbons (Fsp3) is 0.632. The Kier molecular flexibility index (Phi) is 11.9. The third-order valence-corrected chi connectivity index (χ3v) is 4.80. The van der Waals surface area contributed by atoms with E-state index in [1.165, 1.54) is 12.8 Å². The molecule has 2 N–H and O–H groups in total. The molecule has 0 spiro atoms. The minimum absolute atomic E-state index is 0. The van der Waals surface area contributed by atoms with Gasteiger partial charge in [0.2, 0.25) is 0 Å². The van der Waals surface area contributed by atoms with Crippen LogP contribution in [0.3, 0.4) is 0 Å². The van der Waals surface area contributed by atoms with Crippen LogP contribution in [-0.4, -0.2) is 44.3 Å². The van der Waals surface area contributed by atoms with Gasteiger partial charge in [0.15, 0.2) is 17.5 Å². The van der Waals surface area contributed by atoms with Crippen LogP contribution in [0.1, 0.15) is 38.2 Å². The van der Waals surface area contributed by atoms with Gasteiger partial charge in [0, 0.05) is 18.8 Å². The first-order chi connectivity index (χ1) is 12.3. The van der Waals surface area contributed by atoms with Gasteiger partial charge in [-0.15, -0.1) is 24.0 Å². The molecule has 148 valence electrons. The largest absolute Gasteiger partial charge is 0.493 e. The normalized spacial score (nSPS) is 14.7. The van der Waals surface area contributed by atoms with Crippen LogP contribution < -0.4 is 20.1 Å². The zero-order valence-corrected chi connectivity index (χ0v) is 19.2. The summed E-state index contributed by atoms with van der Waals surface area (Å²) in [5.74, 6) is 3.55. The Morgan fingerprint density at radius 1 is 1.23 bits per heavy atom. The van der Waals surface area contributed by atoms with Crippen molar-refractivity contribution in [3.8, 4) is 11.5 Å². The van der Waals surface area contributed by atoms with Crippen molar-refractivity contribution in [2.45, 2.75) is 45.3 Å². The maximum Gasteiger partial charge on any atom is 0.191 e. The molecule has 0 saturated heterocycles. The Morgan fingerprint density at radius 3 is 2.65 bits per heavy atom. The Morgan fingerprint density at radius 2 is 2.00 bits per heavy atom. The molecule has 0 unspecified atom stereocenters. The Labute approximate surface area is 179 Å². The number of rotatable bonds is 9. The zero-order chi connectivity index (χ0) is 17.9. The fourth-order valence-electron chi connectivity index (χ4n) is 2.88. The average Bonchev–Trinajstić information content (AvgIpc) is 3.13. The van der Waals surface area contributed by atoms with Crippen LogP contribution in [0.25, 0.3) is 0 Å². The number of hydrogen-bond donors (Lipinski definition) is 2. The Bertz CT molecular complexity index is 552. The second-order valence-corrected chi connectivity index (χ2v) is 7.11. The molecule has 1 saturated carbocycles. The molecule has 1 aromatic rings. The van der Waals surface area contributed by atoms with Crippen LogP contribution in [0, 0.1) is 0 Å². The van der Waals surface area contributed by atoms with Crippen molar-refractivity contribution in [2.24, 2.45) is 4.99 Å². The SMILES string of the molecule is CCNC(=NCc1ccc(OC)c(OC2CCCC2)c1)NCCSC.I. The van der Waals surface area contributed by atoms with E-state index in [-0.39, 0.29) is 24.0 Å². The lowest BCUT2D eigenvalue weighted by Crippen LogP contribution is -2.38. The van der Waals surface area contributed by atoms with Crippen LogP contribution in [0.5, 0.6) is 11.5 Å². The number of nitrogens with zero attached hydrogens (tertiary/aromatic N) is 1. The summed E-state index contributed by atoms with van der Waals surface area (Å²) in [5, 5.41) is 6.63. The first-order valence-electron chi connectivity index (χ1n) is 9.11. The molecule has 2 rings (SSSR count). The number of nitrogens with one attached hydrogen (secondary N) is 2. The summed E-state index contributed by atoms with van der Waals surface area (Å²) in [6.07, 6.45) is 7.20. The van der Waals surface area contributed by atoms with Gasteiger partial charge in [-0.05, 0) is 56.6 Å². The van der Waals surface area contributed by atoms with Gasteiger partial charge in [0.05, 0.1) is 19.8 Å². The van der Waals surface area contributed by atoms with Crippen molar-refractivity contribution in [2.75, 3.05) is 32.2 Å². The molecule has 0 aliphatic heterocycles. The monoisotopic (exact) mass is 493 g/mol. The first-order valence-corrected chi connectivity index (χ1v) is 10.5. The molecule has 0 amide bonds. The van der Waals surface area contributed by atoms with Crippen molar-refractivity contribution in [3.63, 3.8) is 0 Å². The van der Waals surface area contributed by atoms with Gasteiger partial charge >= 0.3 is 0 Å². The highest BCUT2D eigenvalue weighted by atomic mass is 127. The molecular formula is C19H32IN3O2S. The lowest BCUT2D eigenvalue weighted by Gasteiger charge is -2.17. The topological polar surface area (TPSA) is 54.9 Å². The number of hydrogen-bond acceptors (Lipinski definition) is 4. The van der Waals surface area contributed by atoms with E-state index in [0.717, 1.165) is 54.7 Å². The molecule has 0 aromatic heterocycles. The predicted octanol–water partition coefficient (Wildman–Crippen LogP) is 4.05. The molecule has 1 aliphatic carbocycles. The minimum atomic E-state index is 0. The summed E-state index contributed by atoms with van der Waals surface area (Å²) >= 11 is 1.82. The number of halogens is 1. The lowest BCUT2D eigenvalue weighted by molar-refractivity contribution is 0.200. The van der Waals surface area contributed by atoms with Gasteiger partial charge in [0.25, 0.3) is 0 Å². The van der Waals surface area contributed by atoms with E-state index in [0.29, 0.717) is 12.6 Å². The number of aliphatic imine (C=N–C) groups is 1. The molecule has 0 radical (unpaired) electrons. The van der Waals surface area contributed by atoms with E-state index in [1.54, 1.807) is 7.11 Å². The Hall–Kier alpha value is -0.830. The number of methoxy groups -OCH3 is 1. The molecule has 0 bridgehead atoms. The van der Waals surface area contributed by atoms with E-state index in [9.17, 15) is 0 Å². The molecule has 0 heterocycles. The van der Waals surface area contributed by atoms with Gasteiger partial charge in [-0.2, -0.15) is 11.8 Å². The van der Waals surface area contributed by atoms with E-state index in [2.05, 4.69) is 40.9 Å². The van der Waals surface area contributed by atoms with Crippen LogP contribution in [0.2, 0.25) is 0 Å². The van der Waals surface area contributed by atoms with Crippen LogP contribution in [0.4, 0.5) is 0 Å². The third-order valence-electron chi connectivity index (χ3n) is 4.19. The minimum Gasteiger partial charge on any atom is -0.493 e. The summed E-state index contributed by atoms with van der Waals surface area (Å²) in [6, 6.07) is 6.09. The number of thioether (sulfide) groups is 1. The summed E-state index contributed by atoms with van der Waals surface area (Å²) in [4.78, 5) is 4.67. The third kappa shape index (κ3) is 7.82. The van der Waals surface area contributed by atoms with E-state index in [1.807, 2.05) is 17.8 Å². The highest BCUT2D eigenvalue weighted by molar-refractivity contribution is 14.0. The second-order valence-electron chi connectivity index (χ2n) is 6.12. The summed E-state index contributed by atoms with van der Waals surface area (Å²) in [7, 11) is 1.69. The van der Waals surface area contributed by atoms with Crippen molar-refractivity contribution < 1.29 is 9.47 Å². The highest BCUT2D eigenvalue weighted by Gasteiger charge is 2.18. The molecule has 0 atom stereocenters. The highest BCUT2D eigenvalue weighted by Crippen LogP contribution is 2.32. The molecule has 1 fully saturated rings. The van der Waals surface area contributed by atoms with E-state index < -0.39 is 0 Å². The van der Waals surface area contributed by atoms with Crippen molar-refractivity contribution in [3.05, 3.63) is 23.8 Å². The lowest BCUT2D eigenvalue weighted by atomic mass is 10.2. The molecule has 5 nitrogen and oxygen atoms in total. The van der Waals surface area contributed by atoms with E-state index in [4.69, 9.17) is 9.47 Å². The van der Waals surface area contributed by atoms with Crippen LogP contribution in [-0.2, 0) is 6.54 Å². The first kappa shape index (κ1) is 23.2. The van der Waals surface area contributed by atoms with Gasteiger partial charge in [-0.3, -0.25) is 0 Å². The second kappa shape index (κ2) is 13.4. The number of guanidine groups is 1. The predicted molar refractivity (Wildman–Crippen MR) is 122 cm³/mol. The standard InChI is InChI=1S/C19H31N3O2S.HI/c1-4-20-19(21-11-12-25-3)22-14-15-9-10-17(23-2)18(13-15)24-16-7-5-6-8-16;/h9-10,13,16H,4-8,11-12,14H2,1-3H3,(H2,20,21,22);1H. The molecular weight excluding hydrogens is 461 g/mol. The van der Waals surface area contributed by atoms with Crippen molar-refractivity contribution in [1.29, 1.82) is 0 Å². The summed E-state index contributed by atoms with van der Waals surface area (Å²) in [5.41, 5.74) is 1.12. The van der Waals surface area contributed by atoms with E-state index >= 15 is 0 Å². The van der Waals surface area contributed by atoms with Gasteiger partial charge in [0.1, 0.15) is 0 Å². The molecule has 1 aromatic carbocycles. The maximum atomic E-state index is 6.16. The maximum absolute atomic E-state index is 6.16. The summed E-state index contributed by atoms with van der Waals surface area (Å²) < 4.78 is 11.6. The fourth-order valence-corrected chi connectivity index (χ4v) is 3.19.